The molecule has 0 spiro atoms. The van der Waals surface area contributed by atoms with E-state index in [0.29, 0.717) is 12.1 Å². The molecule has 4 nitrogen and oxygen atoms in total. The first-order chi connectivity index (χ1) is 10.1. The molecule has 2 fully saturated rings. The highest BCUT2D eigenvalue weighted by Gasteiger charge is 2.36. The van der Waals surface area contributed by atoms with Gasteiger partial charge in [-0.2, -0.15) is 0 Å². The molecule has 2 N–H and O–H groups in total. The number of hydrogen-bond acceptors (Lipinski definition) is 4. The molecule has 0 unspecified atom stereocenters. The Bertz CT molecular complexity index is 492. The first kappa shape index (κ1) is 15.0. The molecule has 2 saturated carbocycles. The minimum Gasteiger partial charge on any atom is -0.480 e. The van der Waals surface area contributed by atoms with Crippen LogP contribution in [0.2, 0.25) is 0 Å². The fraction of sp³-hybridized carbons (Fsp3) is 0.688. The molecule has 21 heavy (non-hydrogen) atoms. The van der Waals surface area contributed by atoms with E-state index in [1.54, 1.807) is 11.3 Å². The van der Waals surface area contributed by atoms with Gasteiger partial charge in [-0.05, 0) is 55.5 Å². The standard InChI is InChI=1S/C16H24N2O2S/c1-11-13(4-5-21-11)8-17-14-6-15(7-14)18(10-16(19)20)9-12-2-3-12/h4-5,12,14-15,17H,2-3,6-10H2,1H3,(H,19,20). The Morgan fingerprint density at radius 3 is 2.81 bits per heavy atom. The van der Waals surface area contributed by atoms with Gasteiger partial charge in [-0.3, -0.25) is 9.69 Å². The van der Waals surface area contributed by atoms with E-state index in [2.05, 4.69) is 28.6 Å². The van der Waals surface area contributed by atoms with Crippen LogP contribution < -0.4 is 5.32 Å². The molecule has 1 aromatic heterocycles. The molecule has 1 heterocycles. The third-order valence-electron chi connectivity index (χ3n) is 4.71. The van der Waals surface area contributed by atoms with Crippen molar-refractivity contribution in [3.05, 3.63) is 21.9 Å². The summed E-state index contributed by atoms with van der Waals surface area (Å²) in [6.07, 6.45) is 4.73. The summed E-state index contributed by atoms with van der Waals surface area (Å²) in [6, 6.07) is 3.19. The van der Waals surface area contributed by atoms with E-state index in [9.17, 15) is 4.79 Å². The maximum atomic E-state index is 11.0. The molecule has 0 atom stereocenters. The van der Waals surface area contributed by atoms with Crippen LogP contribution in [-0.2, 0) is 11.3 Å². The van der Waals surface area contributed by atoms with Crippen LogP contribution in [0.3, 0.4) is 0 Å². The van der Waals surface area contributed by atoms with Crippen molar-refractivity contribution in [1.29, 1.82) is 0 Å². The maximum absolute atomic E-state index is 11.0. The van der Waals surface area contributed by atoms with Crippen LogP contribution in [-0.4, -0.2) is 41.1 Å². The van der Waals surface area contributed by atoms with Gasteiger partial charge in [0.1, 0.15) is 0 Å². The number of carboxylic acids is 1. The molecule has 2 aliphatic carbocycles. The number of thiophene rings is 1. The summed E-state index contributed by atoms with van der Waals surface area (Å²) in [5, 5.41) is 14.8. The normalized spacial score (nSPS) is 25.0. The van der Waals surface area contributed by atoms with Gasteiger partial charge < -0.3 is 10.4 Å². The number of hydrogen-bond donors (Lipinski definition) is 2. The quantitative estimate of drug-likeness (QED) is 0.775. The highest BCUT2D eigenvalue weighted by molar-refractivity contribution is 7.10. The van der Waals surface area contributed by atoms with E-state index in [1.165, 1.54) is 23.3 Å². The Balaban J connectivity index is 1.42. The number of rotatable bonds is 8. The zero-order valence-electron chi connectivity index (χ0n) is 12.5. The van der Waals surface area contributed by atoms with Gasteiger partial charge >= 0.3 is 5.97 Å². The van der Waals surface area contributed by atoms with E-state index >= 15 is 0 Å². The molecular formula is C16H24N2O2S. The van der Waals surface area contributed by atoms with Crippen LogP contribution in [0.4, 0.5) is 0 Å². The Hall–Kier alpha value is -0.910. The van der Waals surface area contributed by atoms with E-state index in [1.807, 2.05) is 0 Å². The van der Waals surface area contributed by atoms with E-state index in [0.717, 1.165) is 31.8 Å². The molecule has 116 valence electrons. The number of nitrogens with one attached hydrogen (secondary N) is 1. The third kappa shape index (κ3) is 4.05. The Kier molecular flexibility index (Phi) is 4.62. The molecule has 2 aliphatic rings. The molecule has 0 aromatic carbocycles. The highest BCUT2D eigenvalue weighted by Crippen LogP contribution is 2.33. The summed E-state index contributed by atoms with van der Waals surface area (Å²) in [6.45, 7) is 4.29. The third-order valence-corrected chi connectivity index (χ3v) is 5.59. The molecule has 0 bridgehead atoms. The van der Waals surface area contributed by atoms with Gasteiger partial charge in [0.2, 0.25) is 0 Å². The fourth-order valence-electron chi connectivity index (χ4n) is 3.05. The first-order valence-electron chi connectivity index (χ1n) is 7.84. The second-order valence-corrected chi connectivity index (χ2v) is 7.59. The van der Waals surface area contributed by atoms with Gasteiger partial charge in [0, 0.05) is 30.1 Å². The zero-order chi connectivity index (χ0) is 14.8. The van der Waals surface area contributed by atoms with Crippen molar-refractivity contribution in [3.63, 3.8) is 0 Å². The smallest absolute Gasteiger partial charge is 0.317 e. The second-order valence-electron chi connectivity index (χ2n) is 6.47. The Morgan fingerprint density at radius 1 is 1.48 bits per heavy atom. The molecule has 0 amide bonds. The monoisotopic (exact) mass is 308 g/mol. The number of nitrogens with zero attached hydrogens (tertiary/aromatic N) is 1. The summed E-state index contributed by atoms with van der Waals surface area (Å²) in [5.41, 5.74) is 1.39. The van der Waals surface area contributed by atoms with Crippen molar-refractivity contribution in [2.24, 2.45) is 5.92 Å². The van der Waals surface area contributed by atoms with Crippen LogP contribution in [0.1, 0.15) is 36.1 Å². The van der Waals surface area contributed by atoms with Crippen LogP contribution >= 0.6 is 11.3 Å². The van der Waals surface area contributed by atoms with Crippen molar-refractivity contribution < 1.29 is 9.90 Å². The van der Waals surface area contributed by atoms with Gasteiger partial charge in [0.15, 0.2) is 0 Å². The van der Waals surface area contributed by atoms with Crippen LogP contribution in [0.25, 0.3) is 0 Å². The maximum Gasteiger partial charge on any atom is 0.317 e. The van der Waals surface area contributed by atoms with Crippen molar-refractivity contribution in [1.82, 2.24) is 10.2 Å². The first-order valence-corrected chi connectivity index (χ1v) is 8.72. The number of carboxylic acid groups (broad SMARTS) is 1. The average molecular weight is 308 g/mol. The molecule has 0 aliphatic heterocycles. The lowest BCUT2D eigenvalue weighted by Crippen LogP contribution is -2.54. The van der Waals surface area contributed by atoms with Gasteiger partial charge in [-0.1, -0.05) is 0 Å². The molecule has 1 aromatic rings. The minimum absolute atomic E-state index is 0.206. The van der Waals surface area contributed by atoms with Crippen LogP contribution in [0, 0.1) is 12.8 Å². The lowest BCUT2D eigenvalue weighted by molar-refractivity contribution is -0.139. The Morgan fingerprint density at radius 2 is 2.24 bits per heavy atom. The van der Waals surface area contributed by atoms with Crippen molar-refractivity contribution in [2.45, 2.75) is 51.2 Å². The zero-order valence-corrected chi connectivity index (χ0v) is 13.4. The number of aliphatic carboxylic acids is 1. The SMILES string of the molecule is Cc1sccc1CNC1CC(N(CC(=O)O)CC2CC2)C1. The van der Waals surface area contributed by atoms with Gasteiger partial charge in [-0.15, -0.1) is 11.3 Å². The lowest BCUT2D eigenvalue weighted by Gasteiger charge is -2.43. The van der Waals surface area contributed by atoms with E-state index in [-0.39, 0.29) is 6.54 Å². The summed E-state index contributed by atoms with van der Waals surface area (Å²) in [7, 11) is 0. The lowest BCUT2D eigenvalue weighted by atomic mass is 9.85. The predicted octanol–water partition coefficient (Wildman–Crippen LogP) is 2.47. The average Bonchev–Trinajstić information content (AvgIpc) is 3.09. The van der Waals surface area contributed by atoms with Crippen molar-refractivity contribution in [2.75, 3.05) is 13.1 Å². The summed E-state index contributed by atoms with van der Waals surface area (Å²) in [5.74, 6) is 0.0609. The predicted molar refractivity (Wildman–Crippen MR) is 84.6 cm³/mol. The fourth-order valence-corrected chi connectivity index (χ4v) is 3.78. The largest absolute Gasteiger partial charge is 0.480 e. The molecular weight excluding hydrogens is 284 g/mol. The minimum atomic E-state index is -0.694. The van der Waals surface area contributed by atoms with Crippen molar-refractivity contribution in [3.8, 4) is 0 Å². The van der Waals surface area contributed by atoms with Gasteiger partial charge in [-0.25, -0.2) is 0 Å². The highest BCUT2D eigenvalue weighted by atomic mass is 32.1. The summed E-state index contributed by atoms with van der Waals surface area (Å²) in [4.78, 5) is 14.6. The second kappa shape index (κ2) is 6.46. The van der Waals surface area contributed by atoms with Gasteiger partial charge in [0.25, 0.3) is 0 Å². The Labute approximate surface area is 130 Å². The van der Waals surface area contributed by atoms with E-state index < -0.39 is 5.97 Å². The van der Waals surface area contributed by atoms with Crippen molar-refractivity contribution >= 4 is 17.3 Å². The van der Waals surface area contributed by atoms with Crippen LogP contribution in [0.15, 0.2) is 11.4 Å². The van der Waals surface area contributed by atoms with Crippen LogP contribution in [0.5, 0.6) is 0 Å². The molecule has 3 rings (SSSR count). The molecule has 0 radical (unpaired) electrons. The van der Waals surface area contributed by atoms with E-state index in [4.69, 9.17) is 5.11 Å². The summed E-state index contributed by atoms with van der Waals surface area (Å²) >= 11 is 1.79. The number of carbonyl (C=O) groups is 1. The molecule has 5 heteroatoms. The summed E-state index contributed by atoms with van der Waals surface area (Å²) < 4.78 is 0. The number of aryl methyl sites for hydroxylation is 1. The topological polar surface area (TPSA) is 52.6 Å². The van der Waals surface area contributed by atoms with Gasteiger partial charge in [0.05, 0.1) is 6.54 Å². The molecule has 0 saturated heterocycles.